The molecule has 1 aliphatic heterocycles. The fourth-order valence-corrected chi connectivity index (χ4v) is 4.51. The van der Waals surface area contributed by atoms with E-state index in [1.165, 1.54) is 13.3 Å². The number of nitrogens with one attached hydrogen (secondary N) is 1. The van der Waals surface area contributed by atoms with E-state index in [4.69, 9.17) is 16.3 Å². The summed E-state index contributed by atoms with van der Waals surface area (Å²) in [6.07, 6.45) is 2.63. The molecule has 0 unspecified atom stereocenters. The number of benzene rings is 2. The second-order valence-electron chi connectivity index (χ2n) is 8.66. The molecule has 0 bridgehead atoms. The van der Waals surface area contributed by atoms with Crippen LogP contribution in [0.4, 0.5) is 15.8 Å². The highest BCUT2D eigenvalue weighted by Crippen LogP contribution is 2.31. The molecule has 1 aromatic heterocycles. The fourth-order valence-electron chi connectivity index (χ4n) is 4.36. The zero-order chi connectivity index (χ0) is 26.5. The van der Waals surface area contributed by atoms with Crippen LogP contribution < -0.4 is 10.1 Å². The van der Waals surface area contributed by atoms with E-state index in [0.29, 0.717) is 29.4 Å². The summed E-state index contributed by atoms with van der Waals surface area (Å²) < 4.78 is 19.2. The maximum absolute atomic E-state index is 14.0. The van der Waals surface area contributed by atoms with Crippen LogP contribution in [0.5, 0.6) is 5.88 Å². The van der Waals surface area contributed by atoms with Crippen LogP contribution in [-0.2, 0) is 11.2 Å². The van der Waals surface area contributed by atoms with Crippen molar-refractivity contribution >= 4 is 34.8 Å². The number of ether oxygens (including phenoxy) is 1. The van der Waals surface area contributed by atoms with Gasteiger partial charge in [0.2, 0.25) is 11.8 Å². The highest BCUT2D eigenvalue weighted by molar-refractivity contribution is 6.30. The predicted octanol–water partition coefficient (Wildman–Crippen LogP) is 4.99. The van der Waals surface area contributed by atoms with Crippen molar-refractivity contribution in [2.75, 3.05) is 25.5 Å². The number of aromatic nitrogens is 1. The normalized spacial score (nSPS) is 13.8. The van der Waals surface area contributed by atoms with Crippen molar-refractivity contribution in [1.29, 1.82) is 0 Å². The third-order valence-electron chi connectivity index (χ3n) is 6.28. The minimum Gasteiger partial charge on any atom is -0.480 e. The number of carbonyl (C=O) groups excluding carboxylic acids is 2. The van der Waals surface area contributed by atoms with Crippen LogP contribution in [-0.4, -0.2) is 46.8 Å². The van der Waals surface area contributed by atoms with E-state index >= 15 is 0 Å². The van der Waals surface area contributed by atoms with Crippen LogP contribution in [0, 0.1) is 15.9 Å². The highest BCUT2D eigenvalue weighted by Gasteiger charge is 2.27. The monoisotopic (exact) mass is 526 g/mol. The molecule has 1 saturated heterocycles. The molecule has 11 heteroatoms. The molecule has 3 aromatic rings. The quantitative estimate of drug-likeness (QED) is 0.342. The molecular weight excluding hydrogens is 503 g/mol. The lowest BCUT2D eigenvalue weighted by molar-refractivity contribution is -0.385. The van der Waals surface area contributed by atoms with Gasteiger partial charge in [0.15, 0.2) is 0 Å². The number of amides is 2. The summed E-state index contributed by atoms with van der Waals surface area (Å²) in [5.74, 6) is -0.853. The number of piperidine rings is 1. The molecule has 0 atom stereocenters. The van der Waals surface area contributed by atoms with Crippen LogP contribution >= 0.6 is 11.6 Å². The second-order valence-corrected chi connectivity index (χ2v) is 9.09. The zero-order valence-corrected chi connectivity index (χ0v) is 20.7. The van der Waals surface area contributed by atoms with E-state index < -0.39 is 16.6 Å². The molecule has 2 amide bonds. The minimum absolute atomic E-state index is 0.0456. The average molecular weight is 527 g/mol. The summed E-state index contributed by atoms with van der Waals surface area (Å²) >= 11 is 6.01. The number of carbonyl (C=O) groups is 2. The molecule has 2 aromatic carbocycles. The lowest BCUT2D eigenvalue weighted by Crippen LogP contribution is -2.38. The van der Waals surface area contributed by atoms with Gasteiger partial charge in [-0.3, -0.25) is 19.7 Å². The first kappa shape index (κ1) is 26.0. The van der Waals surface area contributed by atoms with Gasteiger partial charge in [-0.2, -0.15) is 0 Å². The average Bonchev–Trinajstić information content (AvgIpc) is 2.90. The number of anilines is 1. The van der Waals surface area contributed by atoms with Crippen LogP contribution in [0.1, 0.15) is 40.2 Å². The summed E-state index contributed by atoms with van der Waals surface area (Å²) in [6.45, 7) is 1.12. The Labute approximate surface area is 217 Å². The third kappa shape index (κ3) is 6.21. The van der Waals surface area contributed by atoms with E-state index in [9.17, 15) is 24.1 Å². The summed E-state index contributed by atoms with van der Waals surface area (Å²) in [5, 5.41) is 14.0. The summed E-state index contributed by atoms with van der Waals surface area (Å²) in [6, 6.07) is 12.0. The highest BCUT2D eigenvalue weighted by atomic mass is 35.5. The Kier molecular flexibility index (Phi) is 7.98. The molecule has 0 spiro atoms. The molecule has 37 heavy (non-hydrogen) atoms. The maximum atomic E-state index is 14.0. The number of hydrogen-bond donors (Lipinski definition) is 1. The van der Waals surface area contributed by atoms with Crippen molar-refractivity contribution < 1.29 is 23.6 Å². The van der Waals surface area contributed by atoms with E-state index in [-0.39, 0.29) is 35.4 Å². The lowest BCUT2D eigenvalue weighted by atomic mass is 9.89. The Bertz CT molecular complexity index is 1330. The van der Waals surface area contributed by atoms with Gasteiger partial charge in [-0.05, 0) is 48.6 Å². The Morgan fingerprint density at radius 3 is 2.54 bits per heavy atom. The van der Waals surface area contributed by atoms with Crippen LogP contribution in [0.15, 0.2) is 54.7 Å². The minimum atomic E-state index is -0.675. The SMILES string of the molecule is COc1ncc(Cl)cc1C(=O)N1CCC(c2ccc(NC(=O)Cc3cc([N+](=O)[O-])ccc3F)cc2)CC1. The van der Waals surface area contributed by atoms with E-state index in [1.54, 1.807) is 23.1 Å². The summed E-state index contributed by atoms with van der Waals surface area (Å²) in [4.78, 5) is 41.5. The number of nitro groups is 1. The van der Waals surface area contributed by atoms with Crippen molar-refractivity contribution in [3.8, 4) is 5.88 Å². The van der Waals surface area contributed by atoms with Gasteiger partial charge in [-0.1, -0.05) is 23.7 Å². The van der Waals surface area contributed by atoms with Gasteiger partial charge in [0.05, 0.1) is 23.5 Å². The number of nitrogens with zero attached hydrogens (tertiary/aromatic N) is 3. The fraction of sp³-hybridized carbons (Fsp3) is 0.269. The van der Waals surface area contributed by atoms with E-state index in [2.05, 4.69) is 10.3 Å². The van der Waals surface area contributed by atoms with Crippen molar-refractivity contribution in [3.63, 3.8) is 0 Å². The number of rotatable bonds is 7. The van der Waals surface area contributed by atoms with E-state index in [1.807, 2.05) is 12.1 Å². The number of likely N-dealkylation sites (tertiary alicyclic amines) is 1. The topological polar surface area (TPSA) is 115 Å². The van der Waals surface area contributed by atoms with E-state index in [0.717, 1.165) is 36.6 Å². The number of pyridine rings is 1. The van der Waals surface area contributed by atoms with Crippen molar-refractivity contribution in [3.05, 3.63) is 92.4 Å². The second kappa shape index (κ2) is 11.3. The van der Waals surface area contributed by atoms with Crippen molar-refractivity contribution in [1.82, 2.24) is 9.88 Å². The lowest BCUT2D eigenvalue weighted by Gasteiger charge is -2.32. The molecule has 1 aliphatic rings. The number of nitro benzene ring substituents is 1. The standard InChI is InChI=1S/C26H24ClFN4O5/c1-37-25-22(14-19(27)15-29-25)26(34)31-10-8-17(9-11-31)16-2-4-20(5-3-16)30-24(33)13-18-12-21(32(35)36)6-7-23(18)28/h2-7,12,14-15,17H,8-11,13H2,1H3,(H,30,33). The third-order valence-corrected chi connectivity index (χ3v) is 6.49. The molecule has 9 nitrogen and oxygen atoms in total. The molecule has 4 rings (SSSR count). The van der Waals surface area contributed by atoms with Gasteiger partial charge in [-0.15, -0.1) is 0 Å². The molecule has 0 radical (unpaired) electrons. The molecular formula is C26H24ClFN4O5. The zero-order valence-electron chi connectivity index (χ0n) is 19.9. The number of methoxy groups -OCH3 is 1. The maximum Gasteiger partial charge on any atom is 0.269 e. The Balaban J connectivity index is 1.33. The smallest absolute Gasteiger partial charge is 0.269 e. The Morgan fingerprint density at radius 1 is 1.19 bits per heavy atom. The van der Waals surface area contributed by atoms with Gasteiger partial charge in [0.25, 0.3) is 11.6 Å². The number of non-ortho nitro benzene ring substituents is 1. The molecule has 0 aliphatic carbocycles. The van der Waals surface area contributed by atoms with Crippen LogP contribution in [0.3, 0.4) is 0 Å². The van der Waals surface area contributed by atoms with Gasteiger partial charge in [0, 0.05) is 42.7 Å². The largest absolute Gasteiger partial charge is 0.480 e. The van der Waals surface area contributed by atoms with Gasteiger partial charge < -0.3 is 15.0 Å². The van der Waals surface area contributed by atoms with Crippen LogP contribution in [0.25, 0.3) is 0 Å². The van der Waals surface area contributed by atoms with Crippen molar-refractivity contribution in [2.45, 2.75) is 25.2 Å². The first-order valence-corrected chi connectivity index (χ1v) is 11.9. The molecule has 2 heterocycles. The van der Waals surface area contributed by atoms with Crippen molar-refractivity contribution in [2.24, 2.45) is 0 Å². The van der Waals surface area contributed by atoms with Gasteiger partial charge >= 0.3 is 0 Å². The molecule has 0 saturated carbocycles. The van der Waals surface area contributed by atoms with Gasteiger partial charge in [-0.25, -0.2) is 9.37 Å². The molecule has 192 valence electrons. The number of halogens is 2. The Morgan fingerprint density at radius 2 is 1.89 bits per heavy atom. The molecule has 1 N–H and O–H groups in total. The molecule has 1 fully saturated rings. The van der Waals surface area contributed by atoms with Gasteiger partial charge in [0.1, 0.15) is 11.4 Å². The first-order valence-electron chi connectivity index (χ1n) is 11.6. The Hall–Kier alpha value is -4.05. The predicted molar refractivity (Wildman–Crippen MR) is 136 cm³/mol. The summed E-state index contributed by atoms with van der Waals surface area (Å²) in [7, 11) is 1.46. The number of hydrogen-bond acceptors (Lipinski definition) is 6. The van der Waals surface area contributed by atoms with Crippen LogP contribution in [0.2, 0.25) is 5.02 Å². The summed E-state index contributed by atoms with van der Waals surface area (Å²) in [5.41, 5.74) is 1.63. The first-order chi connectivity index (χ1) is 17.7.